The van der Waals surface area contributed by atoms with E-state index in [2.05, 4.69) is 6.07 Å². The van der Waals surface area contributed by atoms with Crippen LogP contribution in [0.3, 0.4) is 0 Å². The maximum absolute atomic E-state index is 12.4. The van der Waals surface area contributed by atoms with Crippen molar-refractivity contribution in [3.8, 4) is 6.07 Å². The molecule has 2 unspecified atom stereocenters. The third-order valence-electron chi connectivity index (χ3n) is 4.18. The fourth-order valence-electron chi connectivity index (χ4n) is 3.13. The van der Waals surface area contributed by atoms with Gasteiger partial charge in [0.2, 0.25) is 11.8 Å². The van der Waals surface area contributed by atoms with Gasteiger partial charge in [-0.15, -0.1) is 0 Å². The SMILES string of the molecule is Cc1cccc(N2C(=O)C3CCC(C3)C2=O)c1C#N. The van der Waals surface area contributed by atoms with Gasteiger partial charge >= 0.3 is 0 Å². The lowest BCUT2D eigenvalue weighted by atomic mass is 9.95. The van der Waals surface area contributed by atoms with E-state index in [4.69, 9.17) is 0 Å². The van der Waals surface area contributed by atoms with Crippen LogP contribution in [0, 0.1) is 30.1 Å². The van der Waals surface area contributed by atoms with Crippen molar-refractivity contribution in [2.45, 2.75) is 26.2 Å². The fraction of sp³-hybridized carbons (Fsp3) is 0.400. The minimum absolute atomic E-state index is 0.0465. The van der Waals surface area contributed by atoms with Crippen LogP contribution >= 0.6 is 0 Å². The number of nitriles is 1. The van der Waals surface area contributed by atoms with E-state index in [-0.39, 0.29) is 23.7 Å². The van der Waals surface area contributed by atoms with Gasteiger partial charge in [0.25, 0.3) is 0 Å². The number of hydrogen-bond acceptors (Lipinski definition) is 3. The van der Waals surface area contributed by atoms with Gasteiger partial charge in [-0.05, 0) is 37.8 Å². The third-order valence-corrected chi connectivity index (χ3v) is 4.18. The van der Waals surface area contributed by atoms with Crippen molar-refractivity contribution in [2.24, 2.45) is 11.8 Å². The molecule has 96 valence electrons. The molecule has 1 aliphatic heterocycles. The Bertz CT molecular complexity index is 593. The molecule has 2 amide bonds. The summed E-state index contributed by atoms with van der Waals surface area (Å²) in [6.07, 6.45) is 2.26. The monoisotopic (exact) mass is 254 g/mol. The van der Waals surface area contributed by atoms with Gasteiger partial charge in [-0.25, -0.2) is 4.90 Å². The average molecular weight is 254 g/mol. The van der Waals surface area contributed by atoms with Crippen LogP contribution in [0.4, 0.5) is 5.69 Å². The highest BCUT2D eigenvalue weighted by molar-refractivity contribution is 6.19. The molecule has 0 radical (unpaired) electrons. The van der Waals surface area contributed by atoms with Crippen molar-refractivity contribution in [3.63, 3.8) is 0 Å². The smallest absolute Gasteiger partial charge is 0.236 e. The Morgan fingerprint density at radius 3 is 2.42 bits per heavy atom. The van der Waals surface area contributed by atoms with Gasteiger partial charge in [-0.3, -0.25) is 9.59 Å². The highest BCUT2D eigenvalue weighted by Gasteiger charge is 2.46. The summed E-state index contributed by atoms with van der Waals surface area (Å²) in [6.45, 7) is 1.82. The van der Waals surface area contributed by atoms with Crippen LogP contribution in [0.15, 0.2) is 18.2 Å². The van der Waals surface area contributed by atoms with Crippen LogP contribution in [0.25, 0.3) is 0 Å². The highest BCUT2D eigenvalue weighted by atomic mass is 16.2. The Balaban J connectivity index is 2.12. The largest absolute Gasteiger partial charge is 0.274 e. The molecule has 1 heterocycles. The van der Waals surface area contributed by atoms with Gasteiger partial charge in [0, 0.05) is 11.8 Å². The topological polar surface area (TPSA) is 61.2 Å². The first-order chi connectivity index (χ1) is 9.13. The summed E-state index contributed by atoms with van der Waals surface area (Å²) in [6, 6.07) is 7.39. The lowest BCUT2D eigenvalue weighted by Gasteiger charge is -2.30. The molecule has 4 nitrogen and oxygen atoms in total. The van der Waals surface area contributed by atoms with Crippen LogP contribution in [-0.2, 0) is 9.59 Å². The first kappa shape index (κ1) is 11.9. The second-order valence-electron chi connectivity index (χ2n) is 5.30. The number of benzene rings is 1. The van der Waals surface area contributed by atoms with E-state index in [1.165, 1.54) is 4.90 Å². The Kier molecular flexibility index (Phi) is 2.63. The summed E-state index contributed by atoms with van der Waals surface area (Å²) in [7, 11) is 0. The maximum Gasteiger partial charge on any atom is 0.236 e. The second kappa shape index (κ2) is 4.20. The van der Waals surface area contributed by atoms with Crippen molar-refractivity contribution in [1.29, 1.82) is 5.26 Å². The van der Waals surface area contributed by atoms with Crippen molar-refractivity contribution < 1.29 is 9.59 Å². The summed E-state index contributed by atoms with van der Waals surface area (Å²) in [5.41, 5.74) is 1.66. The molecule has 1 aromatic carbocycles. The van der Waals surface area contributed by atoms with Gasteiger partial charge in [-0.2, -0.15) is 5.26 Å². The quantitative estimate of drug-likeness (QED) is 0.721. The number of piperidine rings is 1. The number of anilines is 1. The zero-order chi connectivity index (χ0) is 13.6. The predicted molar refractivity (Wildman–Crippen MR) is 69.2 cm³/mol. The molecular weight excluding hydrogens is 240 g/mol. The molecule has 2 aliphatic rings. The van der Waals surface area contributed by atoms with Crippen molar-refractivity contribution in [3.05, 3.63) is 29.3 Å². The number of nitrogens with zero attached hydrogens (tertiary/aromatic N) is 2. The molecule has 1 saturated heterocycles. The number of hydrogen-bond donors (Lipinski definition) is 0. The lowest BCUT2D eigenvalue weighted by Crippen LogP contribution is -2.46. The molecule has 1 aromatic rings. The molecule has 0 aromatic heterocycles. The van der Waals surface area contributed by atoms with E-state index in [0.717, 1.165) is 18.4 Å². The summed E-state index contributed by atoms with van der Waals surface area (Å²) >= 11 is 0. The van der Waals surface area contributed by atoms with Crippen molar-refractivity contribution >= 4 is 17.5 Å². The van der Waals surface area contributed by atoms with Gasteiger partial charge in [0.05, 0.1) is 11.3 Å². The molecule has 19 heavy (non-hydrogen) atoms. The number of fused-ring (bicyclic) bond motifs is 2. The van der Waals surface area contributed by atoms with E-state index in [0.29, 0.717) is 17.7 Å². The van der Waals surface area contributed by atoms with Crippen LogP contribution < -0.4 is 4.90 Å². The number of carbonyl (C=O) groups is 2. The zero-order valence-electron chi connectivity index (χ0n) is 10.7. The molecule has 2 bridgehead atoms. The van der Waals surface area contributed by atoms with Gasteiger partial charge in [-0.1, -0.05) is 12.1 Å². The summed E-state index contributed by atoms with van der Waals surface area (Å²) in [4.78, 5) is 26.0. The molecule has 1 aliphatic carbocycles. The van der Waals surface area contributed by atoms with E-state index < -0.39 is 0 Å². The van der Waals surface area contributed by atoms with E-state index in [1.807, 2.05) is 13.0 Å². The molecule has 1 saturated carbocycles. The summed E-state index contributed by atoms with van der Waals surface area (Å²) in [5, 5.41) is 9.25. The number of aryl methyl sites for hydroxylation is 1. The van der Waals surface area contributed by atoms with E-state index >= 15 is 0 Å². The molecule has 4 heteroatoms. The Hall–Kier alpha value is -2.15. The number of imide groups is 1. The third kappa shape index (κ3) is 1.66. The Morgan fingerprint density at radius 1 is 1.21 bits per heavy atom. The molecule has 2 fully saturated rings. The maximum atomic E-state index is 12.4. The number of amides is 2. The van der Waals surface area contributed by atoms with Crippen LogP contribution in [0.1, 0.15) is 30.4 Å². The number of rotatable bonds is 1. The molecule has 0 spiro atoms. The molecular formula is C15H14N2O2. The van der Waals surface area contributed by atoms with Gasteiger partial charge in [0.15, 0.2) is 0 Å². The van der Waals surface area contributed by atoms with Gasteiger partial charge < -0.3 is 0 Å². The van der Waals surface area contributed by atoms with Crippen molar-refractivity contribution in [1.82, 2.24) is 0 Å². The van der Waals surface area contributed by atoms with Crippen LogP contribution in [-0.4, -0.2) is 11.8 Å². The molecule has 3 rings (SSSR count). The minimum Gasteiger partial charge on any atom is -0.274 e. The second-order valence-corrected chi connectivity index (χ2v) is 5.30. The predicted octanol–water partition coefficient (Wildman–Crippen LogP) is 2.16. The zero-order valence-corrected chi connectivity index (χ0v) is 10.7. The standard InChI is InChI=1S/C15H14N2O2/c1-9-3-2-4-13(12(9)8-16)17-14(18)10-5-6-11(7-10)15(17)19/h2-4,10-11H,5-7H2,1H3. The molecule has 2 atom stereocenters. The Labute approximate surface area is 111 Å². The van der Waals surface area contributed by atoms with E-state index in [9.17, 15) is 14.9 Å². The Morgan fingerprint density at radius 2 is 1.84 bits per heavy atom. The van der Waals surface area contributed by atoms with Crippen LogP contribution in [0.2, 0.25) is 0 Å². The summed E-state index contributed by atoms with van der Waals surface area (Å²) < 4.78 is 0. The average Bonchev–Trinajstić information content (AvgIpc) is 2.84. The lowest BCUT2D eigenvalue weighted by molar-refractivity contribution is -0.133. The highest BCUT2D eigenvalue weighted by Crippen LogP contribution is 2.40. The number of carbonyl (C=O) groups excluding carboxylic acids is 2. The normalized spacial score (nSPS) is 25.6. The minimum atomic E-state index is -0.138. The fourth-order valence-corrected chi connectivity index (χ4v) is 3.13. The van der Waals surface area contributed by atoms with Crippen LogP contribution in [0.5, 0.6) is 0 Å². The first-order valence-electron chi connectivity index (χ1n) is 6.51. The van der Waals surface area contributed by atoms with E-state index in [1.54, 1.807) is 12.1 Å². The molecule has 0 N–H and O–H groups in total. The summed E-state index contributed by atoms with van der Waals surface area (Å²) in [5.74, 6) is -0.369. The first-order valence-corrected chi connectivity index (χ1v) is 6.51. The van der Waals surface area contributed by atoms with Gasteiger partial charge in [0.1, 0.15) is 6.07 Å². The van der Waals surface area contributed by atoms with Crippen molar-refractivity contribution in [2.75, 3.05) is 4.90 Å².